The van der Waals surface area contributed by atoms with Gasteiger partial charge >= 0.3 is 0 Å². The van der Waals surface area contributed by atoms with E-state index < -0.39 is 0 Å². The number of carbonyl (C=O) groups is 2. The predicted octanol–water partition coefficient (Wildman–Crippen LogP) is 1.53. The number of aromatic nitrogens is 1. The van der Waals surface area contributed by atoms with Crippen LogP contribution in [0.2, 0.25) is 0 Å². The Balaban J connectivity index is 1.98. The van der Waals surface area contributed by atoms with Gasteiger partial charge in [0.15, 0.2) is 11.7 Å². The minimum atomic E-state index is -0.249. The summed E-state index contributed by atoms with van der Waals surface area (Å²) in [6, 6.07) is 9.20. The molecule has 0 fully saturated rings. The number of quaternary nitrogens is 1. The Hall–Kier alpha value is -2.45. The van der Waals surface area contributed by atoms with Crippen molar-refractivity contribution in [3.8, 4) is 5.75 Å². The van der Waals surface area contributed by atoms with Crippen molar-refractivity contribution in [2.45, 2.75) is 27.7 Å². The van der Waals surface area contributed by atoms with Crippen molar-refractivity contribution in [3.63, 3.8) is 0 Å². The fraction of sp³-hybridized carbons (Fsp3) is 0.476. The zero-order valence-corrected chi connectivity index (χ0v) is 18.5. The number of anilines is 1. The Morgan fingerprint density at radius 3 is 2.45 bits per heavy atom. The second-order valence-electron chi connectivity index (χ2n) is 6.83. The number of nitrogens with zero attached hydrogens (tertiary/aromatic N) is 2. The molecule has 1 aromatic heterocycles. The highest BCUT2D eigenvalue weighted by atomic mass is 32.1. The van der Waals surface area contributed by atoms with Crippen molar-refractivity contribution in [1.82, 2.24) is 9.88 Å². The number of aryl methyl sites for hydroxylation is 2. The number of hydrogen-bond donors (Lipinski definition) is 2. The molecule has 0 saturated heterocycles. The molecule has 29 heavy (non-hydrogen) atoms. The molecule has 0 atom stereocenters. The summed E-state index contributed by atoms with van der Waals surface area (Å²) in [6.07, 6.45) is 0. The third-order valence-electron chi connectivity index (χ3n) is 4.80. The lowest BCUT2D eigenvalue weighted by atomic mass is 10.3. The van der Waals surface area contributed by atoms with Crippen molar-refractivity contribution in [2.24, 2.45) is 0 Å². The monoisotopic (exact) mass is 419 g/mol. The average Bonchev–Trinajstić information content (AvgIpc) is 3.03. The van der Waals surface area contributed by atoms with Crippen molar-refractivity contribution in [1.29, 1.82) is 0 Å². The molecule has 0 spiro atoms. The lowest BCUT2D eigenvalue weighted by Gasteiger charge is -2.24. The van der Waals surface area contributed by atoms with Gasteiger partial charge in [0.1, 0.15) is 12.3 Å². The number of thiazole rings is 1. The zero-order valence-electron chi connectivity index (χ0n) is 17.7. The van der Waals surface area contributed by atoms with Crippen LogP contribution in [0.4, 0.5) is 5.13 Å². The van der Waals surface area contributed by atoms with Crippen molar-refractivity contribution < 1.29 is 19.2 Å². The first-order valence-electron chi connectivity index (χ1n) is 9.96. The van der Waals surface area contributed by atoms with E-state index in [1.807, 2.05) is 32.0 Å². The fourth-order valence-corrected chi connectivity index (χ4v) is 3.63. The highest BCUT2D eigenvalue weighted by Gasteiger charge is 2.20. The highest BCUT2D eigenvalue weighted by Crippen LogP contribution is 2.20. The van der Waals surface area contributed by atoms with Gasteiger partial charge in [0.05, 0.1) is 31.9 Å². The molecule has 0 saturated carbocycles. The number of para-hydroxylation sites is 1. The standard InChI is InChI=1S/C21H30N4O3S/c1-5-24(6-2)12-13-25(20(27)15-28-18-10-8-7-9-11-18)14-19(26)23-21-22-16(3)17(4)29-21/h7-11H,5-6,12-15H2,1-4H3,(H,22,23,26)/p+1. The normalized spacial score (nSPS) is 10.8. The molecular formula is C21H31N4O3S+. The summed E-state index contributed by atoms with van der Waals surface area (Å²) < 4.78 is 5.59. The van der Waals surface area contributed by atoms with Gasteiger partial charge in [-0.1, -0.05) is 18.2 Å². The zero-order chi connectivity index (χ0) is 21.2. The molecule has 2 rings (SSSR count). The van der Waals surface area contributed by atoms with Gasteiger partial charge in [-0.05, 0) is 39.8 Å². The van der Waals surface area contributed by atoms with Crippen LogP contribution in [-0.2, 0) is 9.59 Å². The van der Waals surface area contributed by atoms with Gasteiger partial charge in [-0.3, -0.25) is 9.59 Å². The SMILES string of the molecule is CC[NH+](CC)CCN(CC(=O)Nc1nc(C)c(C)s1)C(=O)COc1ccccc1. The lowest BCUT2D eigenvalue weighted by Crippen LogP contribution is -3.12. The first-order chi connectivity index (χ1) is 13.9. The molecule has 7 nitrogen and oxygen atoms in total. The molecule has 1 heterocycles. The van der Waals surface area contributed by atoms with Crippen LogP contribution in [-0.4, -0.2) is 61.0 Å². The summed E-state index contributed by atoms with van der Waals surface area (Å²) >= 11 is 1.44. The molecule has 1 aromatic carbocycles. The molecule has 0 aliphatic heterocycles. The van der Waals surface area contributed by atoms with Gasteiger partial charge in [0.2, 0.25) is 5.91 Å². The summed E-state index contributed by atoms with van der Waals surface area (Å²) in [4.78, 5) is 33.6. The van der Waals surface area contributed by atoms with Crippen LogP contribution >= 0.6 is 11.3 Å². The number of hydrogen-bond acceptors (Lipinski definition) is 5. The van der Waals surface area contributed by atoms with E-state index in [0.717, 1.165) is 30.2 Å². The second kappa shape index (κ2) is 11.5. The van der Waals surface area contributed by atoms with Crippen LogP contribution in [0.25, 0.3) is 0 Å². The van der Waals surface area contributed by atoms with E-state index in [9.17, 15) is 9.59 Å². The smallest absolute Gasteiger partial charge is 0.261 e. The number of ether oxygens (including phenoxy) is 1. The van der Waals surface area contributed by atoms with E-state index in [4.69, 9.17) is 4.74 Å². The minimum absolute atomic E-state index is 0.0185. The highest BCUT2D eigenvalue weighted by molar-refractivity contribution is 7.15. The Labute approximate surface area is 176 Å². The van der Waals surface area contributed by atoms with E-state index in [1.54, 1.807) is 17.0 Å². The number of rotatable bonds is 11. The molecular weight excluding hydrogens is 388 g/mol. The molecule has 0 aliphatic rings. The Morgan fingerprint density at radius 2 is 1.86 bits per heavy atom. The largest absolute Gasteiger partial charge is 0.484 e. The van der Waals surface area contributed by atoms with E-state index in [2.05, 4.69) is 24.1 Å². The Morgan fingerprint density at radius 1 is 1.17 bits per heavy atom. The van der Waals surface area contributed by atoms with Crippen molar-refractivity contribution in [2.75, 3.05) is 44.6 Å². The number of benzene rings is 1. The topological polar surface area (TPSA) is 76.0 Å². The predicted molar refractivity (Wildman–Crippen MR) is 116 cm³/mol. The summed E-state index contributed by atoms with van der Waals surface area (Å²) in [5.74, 6) is 0.178. The van der Waals surface area contributed by atoms with Crippen LogP contribution in [0.15, 0.2) is 30.3 Å². The van der Waals surface area contributed by atoms with E-state index in [0.29, 0.717) is 17.4 Å². The number of nitrogens with one attached hydrogen (secondary N) is 2. The lowest BCUT2D eigenvalue weighted by molar-refractivity contribution is -0.895. The molecule has 0 radical (unpaired) electrons. The number of carbonyl (C=O) groups excluding carboxylic acids is 2. The van der Waals surface area contributed by atoms with Crippen LogP contribution < -0.4 is 15.0 Å². The van der Waals surface area contributed by atoms with Crippen LogP contribution in [0, 0.1) is 13.8 Å². The fourth-order valence-electron chi connectivity index (χ4n) is 2.80. The molecule has 2 aromatic rings. The number of amides is 2. The van der Waals surface area contributed by atoms with Crippen molar-refractivity contribution >= 4 is 28.3 Å². The quantitative estimate of drug-likeness (QED) is 0.579. The Bertz CT molecular complexity index is 771. The maximum absolute atomic E-state index is 12.8. The van der Waals surface area contributed by atoms with Gasteiger partial charge in [-0.15, -0.1) is 11.3 Å². The summed E-state index contributed by atoms with van der Waals surface area (Å²) in [5, 5.41) is 3.37. The molecule has 8 heteroatoms. The summed E-state index contributed by atoms with van der Waals surface area (Å²) in [6.45, 7) is 11.2. The first-order valence-corrected chi connectivity index (χ1v) is 10.8. The Kier molecular flexibility index (Phi) is 9.08. The molecule has 2 N–H and O–H groups in total. The number of likely N-dealkylation sites (N-methyl/N-ethyl adjacent to an activating group) is 1. The van der Waals surface area contributed by atoms with Crippen molar-refractivity contribution in [3.05, 3.63) is 40.9 Å². The van der Waals surface area contributed by atoms with Gasteiger partial charge in [0, 0.05) is 4.88 Å². The van der Waals surface area contributed by atoms with E-state index in [-0.39, 0.29) is 25.0 Å². The van der Waals surface area contributed by atoms with Gasteiger partial charge in [-0.2, -0.15) is 0 Å². The molecule has 0 unspecified atom stereocenters. The van der Waals surface area contributed by atoms with E-state index in [1.165, 1.54) is 16.2 Å². The summed E-state index contributed by atoms with van der Waals surface area (Å²) in [7, 11) is 0. The van der Waals surface area contributed by atoms with Gasteiger partial charge in [-0.25, -0.2) is 4.98 Å². The van der Waals surface area contributed by atoms with Crippen LogP contribution in [0.5, 0.6) is 5.75 Å². The maximum atomic E-state index is 12.8. The third kappa shape index (κ3) is 7.47. The molecule has 0 aliphatic carbocycles. The van der Waals surface area contributed by atoms with Gasteiger partial charge in [0.25, 0.3) is 5.91 Å². The third-order valence-corrected chi connectivity index (χ3v) is 5.79. The van der Waals surface area contributed by atoms with E-state index >= 15 is 0 Å². The van der Waals surface area contributed by atoms with Crippen LogP contribution in [0.3, 0.4) is 0 Å². The summed E-state index contributed by atoms with van der Waals surface area (Å²) in [5.41, 5.74) is 0.902. The van der Waals surface area contributed by atoms with Gasteiger partial charge < -0.3 is 19.9 Å². The van der Waals surface area contributed by atoms with Crippen LogP contribution in [0.1, 0.15) is 24.4 Å². The maximum Gasteiger partial charge on any atom is 0.261 e. The first kappa shape index (κ1) is 22.8. The molecule has 2 amide bonds. The second-order valence-corrected chi connectivity index (χ2v) is 8.04. The average molecular weight is 420 g/mol. The molecule has 158 valence electrons. The minimum Gasteiger partial charge on any atom is -0.484 e. The molecule has 0 bridgehead atoms.